The van der Waals surface area contributed by atoms with Gasteiger partial charge in [0, 0.05) is 18.1 Å². The van der Waals surface area contributed by atoms with Crippen LogP contribution >= 0.6 is 11.3 Å². The topological polar surface area (TPSA) is 84.9 Å². The number of nitrogens with one attached hydrogen (secondary N) is 2. The molecule has 0 radical (unpaired) electrons. The molecule has 20 heavy (non-hydrogen) atoms. The summed E-state index contributed by atoms with van der Waals surface area (Å²) in [4.78, 5) is 18.1. The van der Waals surface area contributed by atoms with Gasteiger partial charge in [0.1, 0.15) is 5.01 Å². The van der Waals surface area contributed by atoms with Crippen LogP contribution in [-0.2, 0) is 13.0 Å². The summed E-state index contributed by atoms with van der Waals surface area (Å²) >= 11 is 1.68. The molecule has 0 saturated carbocycles. The number of ether oxygens (including phenoxy) is 1. The molecule has 0 aliphatic rings. The van der Waals surface area contributed by atoms with Gasteiger partial charge in [-0.3, -0.25) is 0 Å². The van der Waals surface area contributed by atoms with Crippen LogP contribution in [0.25, 0.3) is 0 Å². The Morgan fingerprint density at radius 1 is 1.20 bits per heavy atom. The fourth-order valence-electron chi connectivity index (χ4n) is 1.49. The van der Waals surface area contributed by atoms with Crippen molar-refractivity contribution in [2.45, 2.75) is 26.8 Å². The first-order chi connectivity index (χ1) is 9.75. The number of aromatic nitrogens is 4. The van der Waals surface area contributed by atoms with E-state index in [4.69, 9.17) is 4.74 Å². The van der Waals surface area contributed by atoms with Gasteiger partial charge in [0.25, 0.3) is 0 Å². The molecule has 0 bridgehead atoms. The molecule has 0 aromatic carbocycles. The number of hydrogen-bond acceptors (Lipinski definition) is 8. The lowest BCUT2D eigenvalue weighted by molar-refractivity contribution is 0.312. The standard InChI is InChI=1S/C12H18N6OS/c1-4-8-6-14-9(20-8)7-15-11-16-10(13-3)17-12(18-11)19-5-2/h6H,4-5,7H2,1-3H3,(H2,13,15,16,17,18). The van der Waals surface area contributed by atoms with Gasteiger partial charge < -0.3 is 15.4 Å². The quantitative estimate of drug-likeness (QED) is 0.807. The minimum Gasteiger partial charge on any atom is -0.464 e. The van der Waals surface area contributed by atoms with Gasteiger partial charge in [-0.2, -0.15) is 15.0 Å². The molecule has 2 aromatic heterocycles. The van der Waals surface area contributed by atoms with E-state index >= 15 is 0 Å². The summed E-state index contributed by atoms with van der Waals surface area (Å²) in [5, 5.41) is 7.03. The van der Waals surface area contributed by atoms with E-state index in [1.807, 2.05) is 13.1 Å². The van der Waals surface area contributed by atoms with Crippen molar-refractivity contribution in [3.63, 3.8) is 0 Å². The monoisotopic (exact) mass is 294 g/mol. The Morgan fingerprint density at radius 3 is 2.65 bits per heavy atom. The molecule has 2 N–H and O–H groups in total. The molecule has 7 nitrogen and oxygen atoms in total. The van der Waals surface area contributed by atoms with Gasteiger partial charge in [-0.15, -0.1) is 11.3 Å². The maximum absolute atomic E-state index is 5.31. The Hall–Kier alpha value is -1.96. The summed E-state index contributed by atoms with van der Waals surface area (Å²) in [5.41, 5.74) is 0. The van der Waals surface area contributed by atoms with Crippen LogP contribution in [0.5, 0.6) is 6.01 Å². The lowest BCUT2D eigenvalue weighted by atomic mass is 10.4. The normalized spacial score (nSPS) is 10.3. The molecule has 0 atom stereocenters. The molecule has 0 unspecified atom stereocenters. The minimum atomic E-state index is 0.308. The highest BCUT2D eigenvalue weighted by Crippen LogP contribution is 2.16. The van der Waals surface area contributed by atoms with E-state index in [2.05, 4.69) is 37.5 Å². The van der Waals surface area contributed by atoms with Crippen molar-refractivity contribution in [2.24, 2.45) is 0 Å². The van der Waals surface area contributed by atoms with Crippen molar-refractivity contribution in [1.29, 1.82) is 0 Å². The van der Waals surface area contributed by atoms with E-state index < -0.39 is 0 Å². The zero-order valence-corrected chi connectivity index (χ0v) is 12.6. The van der Waals surface area contributed by atoms with Crippen LogP contribution in [0.3, 0.4) is 0 Å². The number of thiazole rings is 1. The Kier molecular flexibility index (Phi) is 5.05. The lowest BCUT2D eigenvalue weighted by Crippen LogP contribution is -2.09. The molecule has 8 heteroatoms. The van der Waals surface area contributed by atoms with Crippen LogP contribution in [0.4, 0.5) is 11.9 Å². The molecule has 0 spiro atoms. The predicted molar refractivity (Wildman–Crippen MR) is 79.4 cm³/mol. The molecule has 2 heterocycles. The summed E-state index contributed by atoms with van der Waals surface area (Å²) in [6.07, 6.45) is 2.90. The third-order valence-corrected chi connectivity index (χ3v) is 3.60. The van der Waals surface area contributed by atoms with Crippen molar-refractivity contribution < 1.29 is 4.74 Å². The third kappa shape index (κ3) is 3.77. The average molecular weight is 294 g/mol. The minimum absolute atomic E-state index is 0.308. The van der Waals surface area contributed by atoms with E-state index in [-0.39, 0.29) is 0 Å². The fourth-order valence-corrected chi connectivity index (χ4v) is 2.29. The van der Waals surface area contributed by atoms with Gasteiger partial charge >= 0.3 is 6.01 Å². The van der Waals surface area contributed by atoms with Crippen LogP contribution in [0.2, 0.25) is 0 Å². The predicted octanol–water partition coefficient (Wildman–Crippen LogP) is 1.94. The highest BCUT2D eigenvalue weighted by atomic mass is 32.1. The summed E-state index contributed by atoms with van der Waals surface area (Å²) in [7, 11) is 1.75. The van der Waals surface area contributed by atoms with Crippen molar-refractivity contribution in [3.05, 3.63) is 16.1 Å². The number of hydrogen-bond donors (Lipinski definition) is 2. The van der Waals surface area contributed by atoms with Crippen molar-refractivity contribution in [3.8, 4) is 6.01 Å². The van der Waals surface area contributed by atoms with Crippen LogP contribution in [-0.4, -0.2) is 33.6 Å². The van der Waals surface area contributed by atoms with Gasteiger partial charge in [-0.25, -0.2) is 4.98 Å². The number of nitrogens with zero attached hydrogens (tertiary/aromatic N) is 4. The van der Waals surface area contributed by atoms with Gasteiger partial charge in [-0.1, -0.05) is 6.92 Å². The maximum Gasteiger partial charge on any atom is 0.323 e. The summed E-state index contributed by atoms with van der Waals surface area (Å²) in [6.45, 7) is 5.10. The molecule has 0 amide bonds. The highest BCUT2D eigenvalue weighted by molar-refractivity contribution is 7.11. The van der Waals surface area contributed by atoms with E-state index in [0.29, 0.717) is 31.1 Å². The van der Waals surface area contributed by atoms with Crippen LogP contribution in [0.15, 0.2) is 6.20 Å². The largest absolute Gasteiger partial charge is 0.464 e. The molecule has 108 valence electrons. The second-order valence-electron chi connectivity index (χ2n) is 3.88. The Bertz CT molecular complexity index is 559. The molecule has 0 aliphatic heterocycles. The van der Waals surface area contributed by atoms with Crippen LogP contribution in [0.1, 0.15) is 23.7 Å². The Balaban J connectivity index is 2.05. The smallest absolute Gasteiger partial charge is 0.323 e. The van der Waals surface area contributed by atoms with Gasteiger partial charge in [0.05, 0.1) is 13.2 Å². The first kappa shape index (κ1) is 14.4. The van der Waals surface area contributed by atoms with Gasteiger partial charge in [0.15, 0.2) is 0 Å². The van der Waals surface area contributed by atoms with Crippen molar-refractivity contribution >= 4 is 23.2 Å². The first-order valence-corrected chi connectivity index (χ1v) is 7.30. The first-order valence-electron chi connectivity index (χ1n) is 6.49. The van der Waals surface area contributed by atoms with Gasteiger partial charge in [0.2, 0.25) is 11.9 Å². The molecule has 0 aliphatic carbocycles. The zero-order valence-electron chi connectivity index (χ0n) is 11.8. The average Bonchev–Trinajstić information content (AvgIpc) is 2.93. The maximum atomic E-state index is 5.31. The molecule has 0 fully saturated rings. The third-order valence-electron chi connectivity index (χ3n) is 2.46. The van der Waals surface area contributed by atoms with Crippen molar-refractivity contribution in [1.82, 2.24) is 19.9 Å². The zero-order chi connectivity index (χ0) is 14.4. The number of aryl methyl sites for hydroxylation is 1. The van der Waals surface area contributed by atoms with E-state index in [1.54, 1.807) is 18.4 Å². The Labute approximate surface area is 121 Å². The van der Waals surface area contributed by atoms with E-state index in [9.17, 15) is 0 Å². The van der Waals surface area contributed by atoms with E-state index in [0.717, 1.165) is 11.4 Å². The molecule has 2 rings (SSSR count). The number of rotatable bonds is 7. The summed E-state index contributed by atoms with van der Waals surface area (Å²) < 4.78 is 5.31. The summed E-state index contributed by atoms with van der Waals surface area (Å²) in [6, 6.07) is 0.308. The lowest BCUT2D eigenvalue weighted by Gasteiger charge is -2.07. The molecular formula is C12H18N6OS. The highest BCUT2D eigenvalue weighted by Gasteiger charge is 2.07. The van der Waals surface area contributed by atoms with Gasteiger partial charge in [-0.05, 0) is 13.3 Å². The Morgan fingerprint density at radius 2 is 2.00 bits per heavy atom. The van der Waals surface area contributed by atoms with Crippen molar-refractivity contribution in [2.75, 3.05) is 24.3 Å². The summed E-state index contributed by atoms with van der Waals surface area (Å²) in [5.74, 6) is 0.945. The van der Waals surface area contributed by atoms with Crippen LogP contribution < -0.4 is 15.4 Å². The molecule has 2 aromatic rings. The second kappa shape index (κ2) is 6.99. The number of anilines is 2. The van der Waals surface area contributed by atoms with E-state index in [1.165, 1.54) is 4.88 Å². The fraction of sp³-hybridized carbons (Fsp3) is 0.500. The SMILES string of the molecule is CCOc1nc(NC)nc(NCc2ncc(CC)s2)n1. The second-order valence-corrected chi connectivity index (χ2v) is 5.08. The molecular weight excluding hydrogens is 276 g/mol. The van der Waals surface area contributed by atoms with Crippen LogP contribution in [0, 0.1) is 0 Å². The molecule has 0 saturated heterocycles.